The van der Waals surface area contributed by atoms with Gasteiger partial charge < -0.3 is 9.88 Å². The summed E-state index contributed by atoms with van der Waals surface area (Å²) in [7, 11) is 0. The molecule has 0 amide bonds. The quantitative estimate of drug-likeness (QED) is 0.693. The highest BCUT2D eigenvalue weighted by Crippen LogP contribution is 1.85. The zero-order valence-corrected chi connectivity index (χ0v) is 8.58. The minimum Gasteiger partial charge on any atom is -0.336 e. The normalized spacial score (nSPS) is 10.7. The second kappa shape index (κ2) is 5.31. The Morgan fingerprint density at radius 2 is 2.00 bits per heavy atom. The van der Waals surface area contributed by atoms with E-state index < -0.39 is 0 Å². The molecular formula is C10H15N5. The molecule has 0 saturated heterocycles. The standard InChI is InChI=1S/C10H15N5/c1-2-13-15(6-1)9-5-11-3-7-14-8-4-12-10-14/h1-2,4,6,8,10-11H,3,5,7,9H2. The topological polar surface area (TPSA) is 47.7 Å². The average Bonchev–Trinajstić information content (AvgIpc) is 2.88. The number of nitrogens with one attached hydrogen (secondary N) is 1. The zero-order valence-electron chi connectivity index (χ0n) is 8.58. The highest BCUT2D eigenvalue weighted by Gasteiger charge is 1.91. The lowest BCUT2D eigenvalue weighted by Gasteiger charge is -2.05. The molecule has 0 radical (unpaired) electrons. The Bertz CT molecular complexity index is 315. The van der Waals surface area contributed by atoms with Gasteiger partial charge in [0.15, 0.2) is 0 Å². The van der Waals surface area contributed by atoms with E-state index in [1.165, 1.54) is 0 Å². The van der Waals surface area contributed by atoms with E-state index in [-0.39, 0.29) is 0 Å². The second-order valence-corrected chi connectivity index (χ2v) is 3.32. The van der Waals surface area contributed by atoms with Crippen molar-refractivity contribution in [3.63, 3.8) is 0 Å². The molecule has 5 nitrogen and oxygen atoms in total. The van der Waals surface area contributed by atoms with Crippen molar-refractivity contribution in [1.29, 1.82) is 0 Å². The summed E-state index contributed by atoms with van der Waals surface area (Å²) in [5, 5.41) is 7.48. The van der Waals surface area contributed by atoms with Crippen molar-refractivity contribution in [3.8, 4) is 0 Å². The Kier molecular flexibility index (Phi) is 3.51. The third-order valence-electron chi connectivity index (χ3n) is 2.18. The smallest absolute Gasteiger partial charge is 0.0946 e. The van der Waals surface area contributed by atoms with Crippen molar-refractivity contribution in [2.24, 2.45) is 0 Å². The Balaban J connectivity index is 1.56. The summed E-state index contributed by atoms with van der Waals surface area (Å²) in [4.78, 5) is 3.98. The van der Waals surface area contributed by atoms with Crippen molar-refractivity contribution in [2.75, 3.05) is 13.1 Å². The lowest BCUT2D eigenvalue weighted by atomic mass is 10.5. The van der Waals surface area contributed by atoms with Gasteiger partial charge in [-0.05, 0) is 6.07 Å². The fraction of sp³-hybridized carbons (Fsp3) is 0.400. The van der Waals surface area contributed by atoms with E-state index in [1.807, 2.05) is 29.5 Å². The molecule has 0 fully saturated rings. The van der Waals surface area contributed by atoms with Crippen molar-refractivity contribution in [3.05, 3.63) is 37.2 Å². The average molecular weight is 205 g/mol. The van der Waals surface area contributed by atoms with Crippen molar-refractivity contribution in [1.82, 2.24) is 24.6 Å². The Morgan fingerprint density at radius 1 is 1.07 bits per heavy atom. The molecule has 1 N–H and O–H groups in total. The molecule has 2 heterocycles. The zero-order chi connectivity index (χ0) is 10.3. The molecule has 80 valence electrons. The molecule has 2 rings (SSSR count). The summed E-state index contributed by atoms with van der Waals surface area (Å²) in [6.07, 6.45) is 9.36. The van der Waals surface area contributed by atoms with Crippen LogP contribution in [0.4, 0.5) is 0 Å². The highest BCUT2D eigenvalue weighted by molar-refractivity contribution is 4.78. The van der Waals surface area contributed by atoms with E-state index in [9.17, 15) is 0 Å². The largest absolute Gasteiger partial charge is 0.336 e. The molecule has 0 bridgehead atoms. The van der Waals surface area contributed by atoms with Crippen molar-refractivity contribution in [2.45, 2.75) is 13.1 Å². The van der Waals surface area contributed by atoms with E-state index in [1.54, 1.807) is 12.4 Å². The summed E-state index contributed by atoms with van der Waals surface area (Å²) < 4.78 is 3.98. The van der Waals surface area contributed by atoms with Gasteiger partial charge in [0, 0.05) is 44.4 Å². The van der Waals surface area contributed by atoms with Crippen molar-refractivity contribution >= 4 is 0 Å². The van der Waals surface area contributed by atoms with Gasteiger partial charge >= 0.3 is 0 Å². The van der Waals surface area contributed by atoms with Crippen LogP contribution in [-0.4, -0.2) is 32.4 Å². The minimum atomic E-state index is 0.914. The molecule has 0 spiro atoms. The first-order valence-corrected chi connectivity index (χ1v) is 5.09. The maximum Gasteiger partial charge on any atom is 0.0946 e. The molecule has 0 aliphatic rings. The van der Waals surface area contributed by atoms with Crippen LogP contribution < -0.4 is 5.32 Å². The first-order valence-electron chi connectivity index (χ1n) is 5.09. The summed E-state index contributed by atoms with van der Waals surface area (Å²) >= 11 is 0. The van der Waals surface area contributed by atoms with E-state index >= 15 is 0 Å². The van der Waals surface area contributed by atoms with E-state index in [4.69, 9.17) is 0 Å². The van der Waals surface area contributed by atoms with Crippen molar-refractivity contribution < 1.29 is 0 Å². The molecule has 2 aromatic rings. The SMILES string of the molecule is c1cnn(CCNCCn2ccnc2)c1. The van der Waals surface area contributed by atoms with Crippen LogP contribution in [0, 0.1) is 0 Å². The van der Waals surface area contributed by atoms with Gasteiger partial charge in [0.25, 0.3) is 0 Å². The van der Waals surface area contributed by atoms with Crippen LogP contribution in [-0.2, 0) is 13.1 Å². The fourth-order valence-electron chi connectivity index (χ4n) is 1.38. The number of hydrogen-bond acceptors (Lipinski definition) is 3. The molecular weight excluding hydrogens is 190 g/mol. The first-order chi connectivity index (χ1) is 7.45. The van der Waals surface area contributed by atoms with Crippen LogP contribution in [0.5, 0.6) is 0 Å². The van der Waals surface area contributed by atoms with Gasteiger partial charge in [-0.3, -0.25) is 4.68 Å². The van der Waals surface area contributed by atoms with Gasteiger partial charge in [-0.2, -0.15) is 5.10 Å². The number of rotatable bonds is 6. The van der Waals surface area contributed by atoms with Gasteiger partial charge in [-0.15, -0.1) is 0 Å². The van der Waals surface area contributed by atoms with Gasteiger partial charge in [0.2, 0.25) is 0 Å². The number of hydrogen-bond donors (Lipinski definition) is 1. The van der Waals surface area contributed by atoms with Crippen LogP contribution in [0.15, 0.2) is 37.2 Å². The third-order valence-corrected chi connectivity index (χ3v) is 2.18. The molecule has 0 aromatic carbocycles. The van der Waals surface area contributed by atoms with Gasteiger partial charge in [0.1, 0.15) is 0 Å². The van der Waals surface area contributed by atoms with Crippen LogP contribution in [0.2, 0.25) is 0 Å². The minimum absolute atomic E-state index is 0.914. The fourth-order valence-corrected chi connectivity index (χ4v) is 1.38. The number of imidazole rings is 1. The summed E-state index contributed by atoms with van der Waals surface area (Å²) in [6.45, 7) is 3.77. The van der Waals surface area contributed by atoms with E-state index in [0.29, 0.717) is 0 Å². The predicted molar refractivity (Wildman–Crippen MR) is 57.3 cm³/mol. The summed E-state index contributed by atoms with van der Waals surface area (Å²) in [5.74, 6) is 0. The van der Waals surface area contributed by atoms with Gasteiger partial charge in [-0.1, -0.05) is 0 Å². The van der Waals surface area contributed by atoms with Gasteiger partial charge in [-0.25, -0.2) is 4.98 Å². The Labute approximate surface area is 88.7 Å². The highest BCUT2D eigenvalue weighted by atomic mass is 15.3. The first kappa shape index (κ1) is 9.92. The molecule has 0 unspecified atom stereocenters. The van der Waals surface area contributed by atoms with Gasteiger partial charge in [0.05, 0.1) is 12.9 Å². The van der Waals surface area contributed by atoms with E-state index in [2.05, 4.69) is 20.0 Å². The number of nitrogens with zero attached hydrogens (tertiary/aromatic N) is 4. The summed E-state index contributed by atoms with van der Waals surface area (Å²) in [6, 6.07) is 1.94. The second-order valence-electron chi connectivity index (χ2n) is 3.32. The molecule has 2 aromatic heterocycles. The Hall–Kier alpha value is -1.62. The number of aromatic nitrogens is 4. The molecule has 0 aliphatic heterocycles. The van der Waals surface area contributed by atoms with Crippen LogP contribution in [0.25, 0.3) is 0 Å². The van der Waals surface area contributed by atoms with Crippen LogP contribution in [0.1, 0.15) is 0 Å². The molecule has 0 atom stereocenters. The third kappa shape index (κ3) is 3.21. The lowest BCUT2D eigenvalue weighted by molar-refractivity contribution is 0.531. The molecule has 5 heteroatoms. The van der Waals surface area contributed by atoms with Crippen LogP contribution in [0.3, 0.4) is 0 Å². The maximum absolute atomic E-state index is 4.13. The predicted octanol–water partition coefficient (Wildman–Crippen LogP) is 0.369. The summed E-state index contributed by atoms with van der Waals surface area (Å²) in [5.41, 5.74) is 0. The van der Waals surface area contributed by atoms with Crippen LogP contribution >= 0.6 is 0 Å². The molecule has 0 aliphatic carbocycles. The lowest BCUT2D eigenvalue weighted by Crippen LogP contribution is -2.23. The van der Waals surface area contributed by atoms with E-state index in [0.717, 1.165) is 26.2 Å². The maximum atomic E-state index is 4.13. The molecule has 0 saturated carbocycles. The molecule has 15 heavy (non-hydrogen) atoms. The Morgan fingerprint density at radius 3 is 2.73 bits per heavy atom. The monoisotopic (exact) mass is 205 g/mol.